The number of methoxy groups -OCH3 is 1. The molecule has 26 heavy (non-hydrogen) atoms. The van der Waals surface area contributed by atoms with Crippen LogP contribution in [0.5, 0.6) is 0 Å². The molecule has 1 saturated heterocycles. The maximum absolute atomic E-state index is 11.8. The van der Waals surface area contributed by atoms with Crippen molar-refractivity contribution in [3.8, 4) is 0 Å². The summed E-state index contributed by atoms with van der Waals surface area (Å²) in [5.74, 6) is 1.03. The molecule has 1 aromatic rings. The number of hydrogen-bond acceptors (Lipinski definition) is 3. The Labute approximate surface area is 157 Å². The normalized spacial score (nSPS) is 15.5. The third-order valence-corrected chi connectivity index (χ3v) is 4.53. The minimum absolute atomic E-state index is 0.252. The number of benzene rings is 1. The molecule has 0 saturated carbocycles. The van der Waals surface area contributed by atoms with Gasteiger partial charge in [-0.05, 0) is 38.3 Å². The summed E-state index contributed by atoms with van der Waals surface area (Å²) in [7, 11) is 1.71. The summed E-state index contributed by atoms with van der Waals surface area (Å²) in [5, 5.41) is 6.58. The van der Waals surface area contributed by atoms with Gasteiger partial charge in [0.05, 0.1) is 12.1 Å². The Morgan fingerprint density at radius 1 is 1.31 bits per heavy atom. The first-order chi connectivity index (χ1) is 12.4. The highest BCUT2D eigenvalue weighted by atomic mass is 16.5. The number of ether oxygens (including phenoxy) is 1. The van der Waals surface area contributed by atoms with Gasteiger partial charge in [-0.2, -0.15) is 0 Å². The number of hydrogen-bond donors (Lipinski definition) is 2. The first-order valence-electron chi connectivity index (χ1n) is 9.36. The zero-order chi connectivity index (χ0) is 19.0. The lowest BCUT2D eigenvalue weighted by atomic mass is 10.1. The molecule has 0 aromatic heterocycles. The van der Waals surface area contributed by atoms with Crippen LogP contribution in [-0.2, 0) is 22.6 Å². The molecule has 0 bridgehead atoms. The number of likely N-dealkylation sites (tertiary alicyclic amines) is 1. The minimum Gasteiger partial charge on any atom is -0.377 e. The maximum atomic E-state index is 11.8. The Morgan fingerprint density at radius 3 is 2.73 bits per heavy atom. The summed E-state index contributed by atoms with van der Waals surface area (Å²) in [6.45, 7) is 9.74. The Morgan fingerprint density at radius 2 is 2.08 bits per heavy atom. The van der Waals surface area contributed by atoms with Gasteiger partial charge in [-0.1, -0.05) is 24.3 Å². The molecule has 0 radical (unpaired) electrons. The molecule has 144 valence electrons. The lowest BCUT2D eigenvalue weighted by Crippen LogP contribution is -2.45. The third kappa shape index (κ3) is 6.33. The van der Waals surface area contributed by atoms with Gasteiger partial charge in [-0.25, -0.2) is 4.99 Å². The van der Waals surface area contributed by atoms with E-state index in [1.807, 2.05) is 31.7 Å². The highest BCUT2D eigenvalue weighted by Crippen LogP contribution is 2.15. The molecule has 6 heteroatoms. The summed E-state index contributed by atoms with van der Waals surface area (Å²) >= 11 is 0. The van der Waals surface area contributed by atoms with Crippen LogP contribution in [0.2, 0.25) is 0 Å². The van der Waals surface area contributed by atoms with E-state index >= 15 is 0 Å². The Bertz CT molecular complexity index is 628. The van der Waals surface area contributed by atoms with Crippen LogP contribution in [0.1, 0.15) is 44.7 Å². The molecule has 1 fully saturated rings. The monoisotopic (exact) mass is 360 g/mol. The maximum Gasteiger partial charge on any atom is 0.222 e. The van der Waals surface area contributed by atoms with Crippen LogP contribution >= 0.6 is 0 Å². The van der Waals surface area contributed by atoms with E-state index in [4.69, 9.17) is 4.74 Å². The van der Waals surface area contributed by atoms with Crippen molar-refractivity contribution in [3.05, 3.63) is 35.4 Å². The van der Waals surface area contributed by atoms with Crippen LogP contribution in [0.3, 0.4) is 0 Å². The molecule has 1 aromatic carbocycles. The van der Waals surface area contributed by atoms with Crippen molar-refractivity contribution in [2.45, 2.75) is 52.3 Å². The fraction of sp³-hybridized carbons (Fsp3) is 0.600. The van der Waals surface area contributed by atoms with E-state index in [1.54, 1.807) is 7.11 Å². The smallest absolute Gasteiger partial charge is 0.222 e. The standard InChI is InChI=1S/C20H32N4O2/c1-5-21-19(23-15-20(2,3)26-4)22-13-16-8-6-9-17(12-16)14-24-11-7-10-18(24)25/h6,8-9,12H,5,7,10-11,13-15H2,1-4H3,(H2,21,22,23). The molecule has 1 heterocycles. The molecule has 0 atom stereocenters. The number of aliphatic imine (C=N–C) groups is 1. The van der Waals surface area contributed by atoms with Gasteiger partial charge >= 0.3 is 0 Å². The Hall–Kier alpha value is -2.08. The zero-order valence-electron chi connectivity index (χ0n) is 16.5. The quantitative estimate of drug-likeness (QED) is 0.551. The topological polar surface area (TPSA) is 66.0 Å². The predicted molar refractivity (Wildman–Crippen MR) is 105 cm³/mol. The third-order valence-electron chi connectivity index (χ3n) is 4.53. The molecule has 1 amide bonds. The lowest BCUT2D eigenvalue weighted by molar-refractivity contribution is -0.128. The van der Waals surface area contributed by atoms with E-state index in [1.165, 1.54) is 0 Å². The van der Waals surface area contributed by atoms with Crippen LogP contribution in [0.4, 0.5) is 0 Å². The van der Waals surface area contributed by atoms with Gasteiger partial charge in [-0.15, -0.1) is 0 Å². The highest BCUT2D eigenvalue weighted by molar-refractivity contribution is 5.79. The molecule has 2 N–H and O–H groups in total. The van der Waals surface area contributed by atoms with Gasteiger partial charge in [0.1, 0.15) is 0 Å². The van der Waals surface area contributed by atoms with Crippen molar-refractivity contribution in [3.63, 3.8) is 0 Å². The van der Waals surface area contributed by atoms with E-state index < -0.39 is 0 Å². The first kappa shape index (κ1) is 20.2. The van der Waals surface area contributed by atoms with Gasteiger partial charge in [-0.3, -0.25) is 4.79 Å². The fourth-order valence-corrected chi connectivity index (χ4v) is 2.80. The SMILES string of the molecule is CCNC(=NCc1cccc(CN2CCCC2=O)c1)NCC(C)(C)OC. The number of carbonyl (C=O) groups excluding carboxylic acids is 1. The van der Waals surface area contributed by atoms with Crippen LogP contribution in [-0.4, -0.2) is 49.1 Å². The molecule has 0 unspecified atom stereocenters. The predicted octanol–water partition coefficient (Wildman–Crippen LogP) is 2.29. The second-order valence-electron chi connectivity index (χ2n) is 7.25. The van der Waals surface area contributed by atoms with Crippen molar-refractivity contribution in [2.75, 3.05) is 26.7 Å². The van der Waals surface area contributed by atoms with Crippen molar-refractivity contribution in [1.82, 2.24) is 15.5 Å². The highest BCUT2D eigenvalue weighted by Gasteiger charge is 2.20. The fourth-order valence-electron chi connectivity index (χ4n) is 2.80. The lowest BCUT2D eigenvalue weighted by Gasteiger charge is -2.24. The largest absolute Gasteiger partial charge is 0.377 e. The number of rotatable bonds is 8. The molecule has 1 aliphatic rings. The number of amides is 1. The van der Waals surface area contributed by atoms with E-state index in [-0.39, 0.29) is 11.5 Å². The number of guanidine groups is 1. The van der Waals surface area contributed by atoms with Crippen LogP contribution in [0.25, 0.3) is 0 Å². The summed E-state index contributed by atoms with van der Waals surface area (Å²) in [4.78, 5) is 18.4. The van der Waals surface area contributed by atoms with Crippen molar-refractivity contribution < 1.29 is 9.53 Å². The Balaban J connectivity index is 1.97. The number of carbonyl (C=O) groups is 1. The zero-order valence-corrected chi connectivity index (χ0v) is 16.5. The van der Waals surface area contributed by atoms with E-state index in [0.717, 1.165) is 36.6 Å². The van der Waals surface area contributed by atoms with Gasteiger partial charge in [0.2, 0.25) is 5.91 Å². The van der Waals surface area contributed by atoms with Gasteiger partial charge in [0, 0.05) is 39.7 Å². The average molecular weight is 361 g/mol. The van der Waals surface area contributed by atoms with Crippen LogP contribution < -0.4 is 10.6 Å². The van der Waals surface area contributed by atoms with Crippen molar-refractivity contribution >= 4 is 11.9 Å². The molecule has 6 nitrogen and oxygen atoms in total. The second-order valence-corrected chi connectivity index (χ2v) is 7.25. The van der Waals surface area contributed by atoms with Crippen molar-refractivity contribution in [1.29, 1.82) is 0 Å². The second kappa shape index (κ2) is 9.57. The summed E-state index contributed by atoms with van der Waals surface area (Å²) < 4.78 is 5.44. The van der Waals surface area contributed by atoms with Crippen LogP contribution in [0, 0.1) is 0 Å². The van der Waals surface area contributed by atoms with Gasteiger partial charge in [0.15, 0.2) is 5.96 Å². The molecule has 0 spiro atoms. The van der Waals surface area contributed by atoms with E-state index in [0.29, 0.717) is 26.1 Å². The molecule has 0 aliphatic carbocycles. The summed E-state index contributed by atoms with van der Waals surface area (Å²) in [5.41, 5.74) is 2.04. The minimum atomic E-state index is -0.252. The molecular formula is C20H32N4O2. The summed E-state index contributed by atoms with van der Waals surface area (Å²) in [6.07, 6.45) is 1.65. The number of nitrogens with one attached hydrogen (secondary N) is 2. The Kier molecular flexibility index (Phi) is 7.45. The van der Waals surface area contributed by atoms with E-state index in [2.05, 4.69) is 33.8 Å². The van der Waals surface area contributed by atoms with Crippen molar-refractivity contribution in [2.24, 2.45) is 4.99 Å². The first-order valence-corrected chi connectivity index (χ1v) is 9.36. The molecule has 1 aliphatic heterocycles. The molecular weight excluding hydrogens is 328 g/mol. The summed E-state index contributed by atoms with van der Waals surface area (Å²) in [6, 6.07) is 8.32. The van der Waals surface area contributed by atoms with E-state index in [9.17, 15) is 4.79 Å². The molecule has 2 rings (SSSR count). The number of nitrogens with zero attached hydrogens (tertiary/aromatic N) is 2. The van der Waals surface area contributed by atoms with Gasteiger partial charge < -0.3 is 20.3 Å². The van der Waals surface area contributed by atoms with Crippen LogP contribution in [0.15, 0.2) is 29.3 Å². The van der Waals surface area contributed by atoms with Gasteiger partial charge in [0.25, 0.3) is 0 Å². The average Bonchev–Trinajstić information content (AvgIpc) is 3.02.